The van der Waals surface area contributed by atoms with E-state index in [0.717, 1.165) is 24.8 Å². The predicted octanol–water partition coefficient (Wildman–Crippen LogP) is 3.73. The molecule has 0 aliphatic heterocycles. The summed E-state index contributed by atoms with van der Waals surface area (Å²) < 4.78 is 0. The summed E-state index contributed by atoms with van der Waals surface area (Å²) in [6.07, 6.45) is 5.69. The topological polar surface area (TPSA) is 35.8 Å². The standard InChI is InChI=1S/C15H28N2/c1-5-13-7-8-14(12(13)2)17-11-15(3,4)9-6-10-16/h12-14,17H,5-9,11H2,1-4H3. The lowest BCUT2D eigenvalue weighted by Gasteiger charge is -2.28. The van der Waals surface area contributed by atoms with Gasteiger partial charge in [-0.25, -0.2) is 0 Å². The molecule has 0 saturated heterocycles. The van der Waals surface area contributed by atoms with Gasteiger partial charge in [-0.1, -0.05) is 34.1 Å². The fraction of sp³-hybridized carbons (Fsp3) is 0.933. The molecule has 1 fully saturated rings. The van der Waals surface area contributed by atoms with Crippen LogP contribution in [0.3, 0.4) is 0 Å². The van der Waals surface area contributed by atoms with Crippen molar-refractivity contribution >= 4 is 0 Å². The Labute approximate surface area is 107 Å². The average Bonchev–Trinajstić information content (AvgIpc) is 2.65. The van der Waals surface area contributed by atoms with Crippen LogP contribution in [0.2, 0.25) is 0 Å². The highest BCUT2D eigenvalue weighted by Crippen LogP contribution is 2.34. The summed E-state index contributed by atoms with van der Waals surface area (Å²) in [6.45, 7) is 10.3. The molecule has 0 bridgehead atoms. The molecule has 0 heterocycles. The summed E-state index contributed by atoms with van der Waals surface area (Å²) >= 11 is 0. The van der Waals surface area contributed by atoms with E-state index in [1.54, 1.807) is 0 Å². The zero-order chi connectivity index (χ0) is 12.9. The number of nitrogens with one attached hydrogen (secondary N) is 1. The Morgan fingerprint density at radius 3 is 2.59 bits per heavy atom. The van der Waals surface area contributed by atoms with Gasteiger partial charge < -0.3 is 5.32 Å². The first kappa shape index (κ1) is 14.5. The van der Waals surface area contributed by atoms with Gasteiger partial charge in [0.05, 0.1) is 6.07 Å². The van der Waals surface area contributed by atoms with Crippen molar-refractivity contribution in [2.45, 2.75) is 65.8 Å². The van der Waals surface area contributed by atoms with E-state index in [0.29, 0.717) is 12.5 Å². The van der Waals surface area contributed by atoms with E-state index >= 15 is 0 Å². The molecule has 0 spiro atoms. The summed E-state index contributed by atoms with van der Waals surface area (Å²) in [6, 6.07) is 2.94. The van der Waals surface area contributed by atoms with E-state index < -0.39 is 0 Å². The van der Waals surface area contributed by atoms with E-state index in [-0.39, 0.29) is 5.41 Å². The number of hydrogen-bond acceptors (Lipinski definition) is 2. The fourth-order valence-electron chi connectivity index (χ4n) is 3.00. The highest BCUT2D eigenvalue weighted by Gasteiger charge is 2.32. The minimum absolute atomic E-state index is 0.250. The monoisotopic (exact) mass is 236 g/mol. The maximum Gasteiger partial charge on any atom is 0.0621 e. The molecule has 0 aromatic rings. The maximum absolute atomic E-state index is 8.65. The van der Waals surface area contributed by atoms with Crippen LogP contribution in [0.15, 0.2) is 0 Å². The third-order valence-electron chi connectivity index (χ3n) is 4.51. The Hall–Kier alpha value is -0.550. The fourth-order valence-corrected chi connectivity index (χ4v) is 3.00. The predicted molar refractivity (Wildman–Crippen MR) is 72.6 cm³/mol. The molecule has 1 rings (SSSR count). The van der Waals surface area contributed by atoms with Gasteiger partial charge >= 0.3 is 0 Å². The Kier molecular flexibility index (Phi) is 5.46. The molecule has 1 aliphatic rings. The van der Waals surface area contributed by atoms with Gasteiger partial charge in [0.15, 0.2) is 0 Å². The van der Waals surface area contributed by atoms with Crippen molar-refractivity contribution in [2.24, 2.45) is 17.3 Å². The summed E-state index contributed by atoms with van der Waals surface area (Å²) in [4.78, 5) is 0. The van der Waals surface area contributed by atoms with Crippen LogP contribution in [-0.2, 0) is 0 Å². The van der Waals surface area contributed by atoms with Crippen LogP contribution < -0.4 is 5.32 Å². The first-order chi connectivity index (χ1) is 8.00. The molecule has 0 aromatic heterocycles. The minimum atomic E-state index is 0.250. The Balaban J connectivity index is 2.34. The van der Waals surface area contributed by atoms with E-state index in [1.165, 1.54) is 19.3 Å². The van der Waals surface area contributed by atoms with Crippen molar-refractivity contribution in [3.05, 3.63) is 0 Å². The first-order valence-electron chi connectivity index (χ1n) is 7.10. The Morgan fingerprint density at radius 2 is 2.06 bits per heavy atom. The summed E-state index contributed by atoms with van der Waals surface area (Å²) in [7, 11) is 0. The van der Waals surface area contributed by atoms with Crippen molar-refractivity contribution < 1.29 is 0 Å². The maximum atomic E-state index is 8.65. The van der Waals surface area contributed by atoms with Crippen molar-refractivity contribution in [1.29, 1.82) is 5.26 Å². The molecule has 2 heteroatoms. The largest absolute Gasteiger partial charge is 0.313 e. The Morgan fingerprint density at radius 1 is 1.35 bits per heavy atom. The second-order valence-electron chi connectivity index (χ2n) is 6.41. The molecule has 3 atom stereocenters. The summed E-state index contributed by atoms with van der Waals surface area (Å²) in [5.74, 6) is 1.72. The highest BCUT2D eigenvalue weighted by atomic mass is 14.9. The lowest BCUT2D eigenvalue weighted by atomic mass is 9.87. The van der Waals surface area contributed by atoms with Gasteiger partial charge in [0.25, 0.3) is 0 Å². The van der Waals surface area contributed by atoms with Gasteiger partial charge in [-0.2, -0.15) is 5.26 Å². The zero-order valence-corrected chi connectivity index (χ0v) is 11.9. The Bertz CT molecular complexity index is 265. The van der Waals surface area contributed by atoms with Gasteiger partial charge in [0.2, 0.25) is 0 Å². The van der Waals surface area contributed by atoms with Crippen molar-refractivity contribution in [1.82, 2.24) is 5.32 Å². The number of rotatable bonds is 6. The van der Waals surface area contributed by atoms with Crippen LogP contribution in [0.5, 0.6) is 0 Å². The molecule has 1 N–H and O–H groups in total. The second-order valence-corrected chi connectivity index (χ2v) is 6.41. The molecule has 1 aliphatic carbocycles. The van der Waals surface area contributed by atoms with Crippen LogP contribution in [0.1, 0.15) is 59.8 Å². The normalized spacial score (nSPS) is 29.2. The van der Waals surface area contributed by atoms with E-state index in [2.05, 4.69) is 39.1 Å². The van der Waals surface area contributed by atoms with Crippen LogP contribution in [0, 0.1) is 28.6 Å². The van der Waals surface area contributed by atoms with Crippen molar-refractivity contribution in [3.63, 3.8) is 0 Å². The highest BCUT2D eigenvalue weighted by molar-refractivity contribution is 4.88. The summed E-state index contributed by atoms with van der Waals surface area (Å²) in [5.41, 5.74) is 0.250. The third-order valence-corrected chi connectivity index (χ3v) is 4.51. The van der Waals surface area contributed by atoms with E-state index in [9.17, 15) is 0 Å². The molecule has 1 saturated carbocycles. The van der Waals surface area contributed by atoms with E-state index in [1.807, 2.05) is 0 Å². The zero-order valence-electron chi connectivity index (χ0n) is 11.9. The SMILES string of the molecule is CCC1CCC(NCC(C)(C)CCC#N)C1C. The van der Waals surface area contributed by atoms with E-state index in [4.69, 9.17) is 5.26 Å². The molecule has 98 valence electrons. The minimum Gasteiger partial charge on any atom is -0.313 e. The second kappa shape index (κ2) is 6.40. The van der Waals surface area contributed by atoms with Gasteiger partial charge in [0, 0.05) is 19.0 Å². The number of hydrogen-bond donors (Lipinski definition) is 1. The molecule has 3 unspecified atom stereocenters. The lowest BCUT2D eigenvalue weighted by Crippen LogP contribution is -2.39. The third kappa shape index (κ3) is 4.32. The molecule has 0 radical (unpaired) electrons. The van der Waals surface area contributed by atoms with Crippen LogP contribution in [-0.4, -0.2) is 12.6 Å². The van der Waals surface area contributed by atoms with Crippen LogP contribution >= 0.6 is 0 Å². The van der Waals surface area contributed by atoms with Gasteiger partial charge in [0.1, 0.15) is 0 Å². The number of nitriles is 1. The molecular weight excluding hydrogens is 208 g/mol. The van der Waals surface area contributed by atoms with Gasteiger partial charge in [-0.05, 0) is 36.5 Å². The first-order valence-corrected chi connectivity index (χ1v) is 7.10. The molecule has 2 nitrogen and oxygen atoms in total. The summed E-state index contributed by atoms with van der Waals surface area (Å²) in [5, 5.41) is 12.4. The smallest absolute Gasteiger partial charge is 0.0621 e. The van der Waals surface area contributed by atoms with Crippen molar-refractivity contribution in [3.8, 4) is 6.07 Å². The van der Waals surface area contributed by atoms with Gasteiger partial charge in [-0.3, -0.25) is 0 Å². The molecular formula is C15H28N2. The van der Waals surface area contributed by atoms with Gasteiger partial charge in [-0.15, -0.1) is 0 Å². The molecule has 0 amide bonds. The number of nitrogens with zero attached hydrogens (tertiary/aromatic N) is 1. The van der Waals surface area contributed by atoms with Crippen LogP contribution in [0.25, 0.3) is 0 Å². The van der Waals surface area contributed by atoms with Crippen molar-refractivity contribution in [2.75, 3.05) is 6.54 Å². The molecule has 0 aromatic carbocycles. The lowest BCUT2D eigenvalue weighted by molar-refractivity contribution is 0.271. The van der Waals surface area contributed by atoms with Crippen LogP contribution in [0.4, 0.5) is 0 Å². The molecule has 17 heavy (non-hydrogen) atoms. The average molecular weight is 236 g/mol. The quantitative estimate of drug-likeness (QED) is 0.762.